The molecule has 0 aromatic carbocycles. The summed E-state index contributed by atoms with van der Waals surface area (Å²) < 4.78 is 37.1. The van der Waals surface area contributed by atoms with Crippen molar-refractivity contribution in [3.05, 3.63) is 22.8 Å². The Kier molecular flexibility index (Phi) is 6.74. The number of alkyl halides is 3. The van der Waals surface area contributed by atoms with Crippen molar-refractivity contribution in [2.24, 2.45) is 0 Å². The molecule has 0 saturated carbocycles. The average Bonchev–Trinajstić information content (AvgIpc) is 2.34. The first-order valence-electron chi connectivity index (χ1n) is 5.60. The highest BCUT2D eigenvalue weighted by atomic mass is 35.5. The molecule has 0 fully saturated rings. The van der Waals surface area contributed by atoms with Crippen LogP contribution in [0.15, 0.2) is 12.3 Å². The van der Waals surface area contributed by atoms with Gasteiger partial charge < -0.3 is 10.4 Å². The second-order valence-electron chi connectivity index (χ2n) is 3.67. The van der Waals surface area contributed by atoms with E-state index in [-0.39, 0.29) is 17.4 Å². The van der Waals surface area contributed by atoms with Crippen LogP contribution in [0.4, 0.5) is 19.0 Å². The van der Waals surface area contributed by atoms with Gasteiger partial charge >= 0.3 is 6.18 Å². The van der Waals surface area contributed by atoms with Crippen LogP contribution < -0.4 is 5.32 Å². The molecule has 1 heterocycles. The van der Waals surface area contributed by atoms with Crippen LogP contribution in [-0.2, 0) is 6.18 Å². The maximum absolute atomic E-state index is 12.4. The van der Waals surface area contributed by atoms with Crippen LogP contribution >= 0.6 is 23.4 Å². The van der Waals surface area contributed by atoms with E-state index in [1.165, 1.54) is 0 Å². The lowest BCUT2D eigenvalue weighted by atomic mass is 10.3. The predicted molar refractivity (Wildman–Crippen MR) is 71.8 cm³/mol. The Balaban J connectivity index is 2.43. The molecule has 0 bridgehead atoms. The molecule has 0 amide bonds. The fourth-order valence-corrected chi connectivity index (χ4v) is 2.25. The van der Waals surface area contributed by atoms with Gasteiger partial charge in [-0.15, -0.1) is 0 Å². The minimum Gasteiger partial charge on any atom is -0.396 e. The first kappa shape index (κ1) is 16.4. The van der Waals surface area contributed by atoms with Crippen LogP contribution in [0.1, 0.15) is 12.0 Å². The average molecular weight is 315 g/mol. The van der Waals surface area contributed by atoms with Gasteiger partial charge in [0.05, 0.1) is 10.6 Å². The number of hydrogen-bond acceptors (Lipinski definition) is 4. The summed E-state index contributed by atoms with van der Waals surface area (Å²) in [6, 6.07) is 0.857. The van der Waals surface area contributed by atoms with Crippen LogP contribution in [0, 0.1) is 0 Å². The zero-order valence-electron chi connectivity index (χ0n) is 10.0. The predicted octanol–water partition coefficient (Wildman–Crippen LogP) is 3.28. The van der Waals surface area contributed by atoms with Gasteiger partial charge in [-0.05, 0) is 18.2 Å². The Bertz CT molecular complexity index is 404. The van der Waals surface area contributed by atoms with E-state index in [9.17, 15) is 13.2 Å². The van der Waals surface area contributed by atoms with Gasteiger partial charge in [0.1, 0.15) is 5.82 Å². The van der Waals surface area contributed by atoms with Gasteiger partial charge in [0.25, 0.3) is 0 Å². The number of pyridine rings is 1. The largest absolute Gasteiger partial charge is 0.417 e. The molecule has 2 N–H and O–H groups in total. The molecule has 0 aliphatic carbocycles. The van der Waals surface area contributed by atoms with Crippen molar-refractivity contribution in [3.63, 3.8) is 0 Å². The van der Waals surface area contributed by atoms with Crippen molar-refractivity contribution in [1.29, 1.82) is 0 Å². The second-order valence-corrected chi connectivity index (χ2v) is 5.30. The van der Waals surface area contributed by atoms with E-state index in [4.69, 9.17) is 16.7 Å². The van der Waals surface area contributed by atoms with Crippen LogP contribution in [0.5, 0.6) is 0 Å². The van der Waals surface area contributed by atoms with Crippen molar-refractivity contribution in [2.45, 2.75) is 12.6 Å². The fourth-order valence-electron chi connectivity index (χ4n) is 1.23. The lowest BCUT2D eigenvalue weighted by molar-refractivity contribution is -0.137. The third kappa shape index (κ3) is 5.88. The Hall–Kier alpha value is -0.660. The number of thioether (sulfide) groups is 1. The molecule has 3 nitrogen and oxygen atoms in total. The number of aliphatic hydroxyl groups is 1. The third-order valence-corrected chi connectivity index (χ3v) is 3.51. The number of nitrogens with one attached hydrogen (secondary N) is 1. The Morgan fingerprint density at radius 1 is 1.37 bits per heavy atom. The summed E-state index contributed by atoms with van der Waals surface area (Å²) >= 11 is 7.37. The maximum atomic E-state index is 12.4. The van der Waals surface area contributed by atoms with E-state index in [2.05, 4.69) is 10.3 Å². The molecule has 8 heteroatoms. The molecule has 0 aliphatic rings. The molecule has 0 spiro atoms. The number of hydrogen-bond donors (Lipinski definition) is 2. The lowest BCUT2D eigenvalue weighted by Crippen LogP contribution is -2.10. The highest BCUT2D eigenvalue weighted by Crippen LogP contribution is 2.32. The van der Waals surface area contributed by atoms with Crippen molar-refractivity contribution in [2.75, 3.05) is 30.0 Å². The van der Waals surface area contributed by atoms with Gasteiger partial charge in [-0.25, -0.2) is 4.98 Å². The van der Waals surface area contributed by atoms with Crippen molar-refractivity contribution in [1.82, 2.24) is 4.98 Å². The highest BCUT2D eigenvalue weighted by Gasteiger charge is 2.31. The molecule has 0 atom stereocenters. The van der Waals surface area contributed by atoms with Gasteiger partial charge in [0, 0.05) is 25.1 Å². The minimum atomic E-state index is -4.44. The number of aliphatic hydroxyl groups excluding tert-OH is 1. The summed E-state index contributed by atoms with van der Waals surface area (Å²) in [4.78, 5) is 3.67. The smallest absolute Gasteiger partial charge is 0.396 e. The van der Waals surface area contributed by atoms with Gasteiger partial charge in [-0.2, -0.15) is 24.9 Å². The topological polar surface area (TPSA) is 45.1 Å². The quantitative estimate of drug-likeness (QED) is 0.758. The van der Waals surface area contributed by atoms with Crippen LogP contribution in [0.25, 0.3) is 0 Å². The van der Waals surface area contributed by atoms with Crippen LogP contribution in [0.3, 0.4) is 0 Å². The summed E-state index contributed by atoms with van der Waals surface area (Å²) in [5, 5.41) is 11.4. The zero-order chi connectivity index (χ0) is 14.3. The summed E-state index contributed by atoms with van der Waals surface area (Å²) in [6.45, 7) is 0.709. The van der Waals surface area contributed by atoms with E-state index >= 15 is 0 Å². The molecule has 1 aromatic rings. The Labute approximate surface area is 118 Å². The summed E-state index contributed by atoms with van der Waals surface area (Å²) in [6.07, 6.45) is -2.95. The van der Waals surface area contributed by atoms with Crippen LogP contribution in [0.2, 0.25) is 5.02 Å². The summed E-state index contributed by atoms with van der Waals surface area (Å²) in [5.74, 6) is 1.85. The standard InChI is InChI=1S/C11H14ClF3N2OS/c12-9-6-8(11(13,14)15)7-17-10(9)16-2-5-19-4-1-3-18/h6-7,18H,1-5H2,(H,16,17). The molecule has 0 aliphatic heterocycles. The number of halogens is 4. The molecule has 1 aromatic heterocycles. The second kappa shape index (κ2) is 7.81. The van der Waals surface area contributed by atoms with Gasteiger partial charge in [-0.3, -0.25) is 0 Å². The first-order chi connectivity index (χ1) is 8.95. The summed E-state index contributed by atoms with van der Waals surface area (Å²) in [7, 11) is 0. The van der Waals surface area contributed by atoms with Crippen molar-refractivity contribution < 1.29 is 18.3 Å². The summed E-state index contributed by atoms with van der Waals surface area (Å²) in [5.41, 5.74) is -0.861. The van der Waals surface area contributed by atoms with E-state index in [1.807, 2.05) is 0 Å². The minimum absolute atomic E-state index is 0.0461. The molecule has 0 unspecified atom stereocenters. The molecule has 1 rings (SSSR count). The number of anilines is 1. The SMILES string of the molecule is OCCCSCCNc1ncc(C(F)(F)F)cc1Cl. The van der Waals surface area contributed by atoms with Crippen LogP contribution in [-0.4, -0.2) is 34.7 Å². The molecular formula is C11H14ClF3N2OS. The molecular weight excluding hydrogens is 301 g/mol. The number of aromatic nitrogens is 1. The van der Waals surface area contributed by atoms with E-state index in [0.29, 0.717) is 6.54 Å². The first-order valence-corrected chi connectivity index (χ1v) is 7.13. The Morgan fingerprint density at radius 2 is 2.11 bits per heavy atom. The van der Waals surface area contributed by atoms with Crippen molar-refractivity contribution >= 4 is 29.2 Å². The van der Waals surface area contributed by atoms with E-state index < -0.39 is 11.7 Å². The lowest BCUT2D eigenvalue weighted by Gasteiger charge is -2.10. The molecule has 0 radical (unpaired) electrons. The number of rotatable bonds is 7. The highest BCUT2D eigenvalue weighted by molar-refractivity contribution is 7.99. The Morgan fingerprint density at radius 3 is 2.68 bits per heavy atom. The zero-order valence-corrected chi connectivity index (χ0v) is 11.6. The van der Waals surface area contributed by atoms with Crippen molar-refractivity contribution in [3.8, 4) is 0 Å². The maximum Gasteiger partial charge on any atom is 0.417 e. The fraction of sp³-hybridized carbons (Fsp3) is 0.545. The molecule has 19 heavy (non-hydrogen) atoms. The monoisotopic (exact) mass is 314 g/mol. The van der Waals surface area contributed by atoms with E-state index in [1.54, 1.807) is 11.8 Å². The van der Waals surface area contributed by atoms with Gasteiger partial charge in [0.15, 0.2) is 0 Å². The molecule has 0 saturated heterocycles. The van der Waals surface area contributed by atoms with E-state index in [0.717, 1.165) is 30.2 Å². The van der Waals surface area contributed by atoms with Gasteiger partial charge in [-0.1, -0.05) is 11.6 Å². The normalized spacial score (nSPS) is 11.6. The van der Waals surface area contributed by atoms with Gasteiger partial charge in [0.2, 0.25) is 0 Å². The third-order valence-electron chi connectivity index (χ3n) is 2.15. The number of nitrogens with zero attached hydrogens (tertiary/aromatic N) is 1. The molecule has 108 valence electrons.